The summed E-state index contributed by atoms with van der Waals surface area (Å²) in [5.74, 6) is 6.29. The van der Waals surface area contributed by atoms with Gasteiger partial charge in [0.05, 0.1) is 13.7 Å². The van der Waals surface area contributed by atoms with Crippen molar-refractivity contribution in [2.24, 2.45) is 0 Å². The van der Waals surface area contributed by atoms with Crippen molar-refractivity contribution in [2.45, 2.75) is 26.4 Å². The Labute approximate surface area is 157 Å². The fourth-order valence-corrected chi connectivity index (χ4v) is 2.66. The van der Waals surface area contributed by atoms with E-state index in [9.17, 15) is 4.79 Å². The SMILES string of the molecule is C=C(OC)c1csc(-c2ccnc(C#CCNC(=O)OC(C)(C)C)c2)n1. The number of alkyl carbamates (subject to hydrolysis) is 1. The van der Waals surface area contributed by atoms with Gasteiger partial charge >= 0.3 is 6.09 Å². The second kappa shape index (κ2) is 8.50. The van der Waals surface area contributed by atoms with Crippen LogP contribution in [0.4, 0.5) is 4.79 Å². The van der Waals surface area contributed by atoms with E-state index in [2.05, 4.69) is 33.7 Å². The van der Waals surface area contributed by atoms with Crippen molar-refractivity contribution in [3.8, 4) is 22.4 Å². The molecule has 26 heavy (non-hydrogen) atoms. The van der Waals surface area contributed by atoms with Crippen molar-refractivity contribution in [3.05, 3.63) is 41.7 Å². The molecular formula is C19H21N3O3S. The summed E-state index contributed by atoms with van der Waals surface area (Å²) in [7, 11) is 1.56. The van der Waals surface area contributed by atoms with Gasteiger partial charge in [-0.2, -0.15) is 0 Å². The van der Waals surface area contributed by atoms with Gasteiger partial charge in [-0.1, -0.05) is 12.5 Å². The lowest BCUT2D eigenvalue weighted by Gasteiger charge is -2.18. The quantitative estimate of drug-likeness (QED) is 0.655. The molecule has 0 unspecified atom stereocenters. The van der Waals surface area contributed by atoms with E-state index in [1.165, 1.54) is 11.3 Å². The molecule has 0 radical (unpaired) electrons. The maximum absolute atomic E-state index is 11.6. The number of nitrogens with one attached hydrogen (secondary N) is 1. The highest BCUT2D eigenvalue weighted by molar-refractivity contribution is 7.13. The molecule has 136 valence electrons. The number of thiazole rings is 1. The molecule has 0 aliphatic carbocycles. The predicted octanol–water partition coefficient (Wildman–Crippen LogP) is 3.70. The standard InChI is InChI=1S/C19H21N3O3S/c1-13(24-5)16-12-26-17(22-16)14-8-10-20-15(11-14)7-6-9-21-18(23)25-19(2,3)4/h8,10-12H,1,9H2,2-5H3,(H,21,23). The van der Waals surface area contributed by atoms with Gasteiger partial charge in [0, 0.05) is 17.1 Å². The summed E-state index contributed by atoms with van der Waals surface area (Å²) in [6.45, 7) is 9.39. The third-order valence-electron chi connectivity index (χ3n) is 2.98. The van der Waals surface area contributed by atoms with Crippen molar-refractivity contribution in [1.29, 1.82) is 0 Å². The lowest BCUT2D eigenvalue weighted by molar-refractivity contribution is 0.0535. The largest absolute Gasteiger partial charge is 0.495 e. The van der Waals surface area contributed by atoms with Crippen LogP contribution in [0.25, 0.3) is 16.3 Å². The van der Waals surface area contributed by atoms with Gasteiger partial charge in [-0.25, -0.2) is 14.8 Å². The topological polar surface area (TPSA) is 73.3 Å². The first-order valence-electron chi connectivity index (χ1n) is 7.89. The van der Waals surface area contributed by atoms with Crippen molar-refractivity contribution in [3.63, 3.8) is 0 Å². The first-order chi connectivity index (χ1) is 12.3. The van der Waals surface area contributed by atoms with E-state index >= 15 is 0 Å². The average molecular weight is 371 g/mol. The Kier molecular flexibility index (Phi) is 6.36. The maximum atomic E-state index is 11.6. The molecule has 0 fully saturated rings. The van der Waals surface area contributed by atoms with E-state index in [0.717, 1.165) is 10.6 Å². The van der Waals surface area contributed by atoms with E-state index in [1.807, 2.05) is 17.5 Å². The van der Waals surface area contributed by atoms with E-state index < -0.39 is 11.7 Å². The van der Waals surface area contributed by atoms with Crippen LogP contribution in [0.3, 0.4) is 0 Å². The molecule has 2 aromatic rings. The molecule has 2 heterocycles. The first-order valence-corrected chi connectivity index (χ1v) is 8.77. The average Bonchev–Trinajstić information content (AvgIpc) is 3.07. The van der Waals surface area contributed by atoms with Gasteiger partial charge in [0.15, 0.2) is 0 Å². The van der Waals surface area contributed by atoms with Crippen molar-refractivity contribution >= 4 is 23.2 Å². The number of hydrogen-bond acceptors (Lipinski definition) is 6. The molecule has 0 aliphatic rings. The summed E-state index contributed by atoms with van der Waals surface area (Å²) >= 11 is 1.49. The molecule has 0 aliphatic heterocycles. The van der Waals surface area contributed by atoms with Gasteiger partial charge in [-0.05, 0) is 38.8 Å². The summed E-state index contributed by atoms with van der Waals surface area (Å²) in [5.41, 5.74) is 1.67. The highest BCUT2D eigenvalue weighted by Gasteiger charge is 2.15. The summed E-state index contributed by atoms with van der Waals surface area (Å²) in [6, 6.07) is 3.71. The van der Waals surface area contributed by atoms with Gasteiger partial charge in [-0.3, -0.25) is 0 Å². The molecule has 2 aromatic heterocycles. The van der Waals surface area contributed by atoms with Gasteiger partial charge in [0.25, 0.3) is 0 Å². The Morgan fingerprint density at radius 3 is 2.88 bits per heavy atom. The Bertz CT molecular complexity index is 857. The number of ether oxygens (including phenoxy) is 2. The minimum atomic E-state index is -0.534. The van der Waals surface area contributed by atoms with Gasteiger partial charge < -0.3 is 14.8 Å². The van der Waals surface area contributed by atoms with Gasteiger partial charge in [-0.15, -0.1) is 11.3 Å². The van der Waals surface area contributed by atoms with Crippen molar-refractivity contribution in [1.82, 2.24) is 15.3 Å². The Hall–Kier alpha value is -2.85. The van der Waals surface area contributed by atoms with Crippen LogP contribution in [0.15, 0.2) is 30.3 Å². The zero-order valence-electron chi connectivity index (χ0n) is 15.3. The summed E-state index contributed by atoms with van der Waals surface area (Å²) in [4.78, 5) is 20.3. The molecule has 0 saturated heterocycles. The molecular weight excluding hydrogens is 350 g/mol. The van der Waals surface area contributed by atoms with Gasteiger partial charge in [0.2, 0.25) is 0 Å². The fraction of sp³-hybridized carbons (Fsp3) is 0.316. The number of nitrogens with zero attached hydrogens (tertiary/aromatic N) is 2. The smallest absolute Gasteiger partial charge is 0.408 e. The number of amides is 1. The lowest BCUT2D eigenvalue weighted by Crippen LogP contribution is -2.32. The highest BCUT2D eigenvalue weighted by Crippen LogP contribution is 2.26. The van der Waals surface area contributed by atoms with Crippen LogP contribution in [0.2, 0.25) is 0 Å². The third-order valence-corrected chi connectivity index (χ3v) is 3.87. The third kappa shape index (κ3) is 5.90. The highest BCUT2D eigenvalue weighted by atomic mass is 32.1. The Morgan fingerprint density at radius 1 is 1.42 bits per heavy atom. The minimum absolute atomic E-state index is 0.176. The van der Waals surface area contributed by atoms with Crippen LogP contribution >= 0.6 is 11.3 Å². The molecule has 6 nitrogen and oxygen atoms in total. The Morgan fingerprint density at radius 2 is 2.19 bits per heavy atom. The van der Waals surface area contributed by atoms with E-state index in [-0.39, 0.29) is 6.54 Å². The number of hydrogen-bond donors (Lipinski definition) is 1. The molecule has 2 rings (SSSR count). The number of pyridine rings is 1. The number of carbonyl (C=O) groups is 1. The van der Waals surface area contributed by atoms with Crippen LogP contribution < -0.4 is 5.32 Å². The molecule has 1 amide bonds. The monoisotopic (exact) mass is 371 g/mol. The lowest BCUT2D eigenvalue weighted by atomic mass is 10.2. The molecule has 7 heteroatoms. The second-order valence-electron chi connectivity index (χ2n) is 6.25. The zero-order valence-corrected chi connectivity index (χ0v) is 16.1. The summed E-state index contributed by atoms with van der Waals surface area (Å²) in [5, 5.41) is 5.30. The minimum Gasteiger partial charge on any atom is -0.495 e. The molecule has 0 saturated carbocycles. The van der Waals surface area contributed by atoms with Crippen LogP contribution in [0.1, 0.15) is 32.2 Å². The van der Waals surface area contributed by atoms with E-state index in [4.69, 9.17) is 9.47 Å². The van der Waals surface area contributed by atoms with E-state index in [0.29, 0.717) is 17.1 Å². The molecule has 0 spiro atoms. The van der Waals surface area contributed by atoms with Crippen LogP contribution in [-0.4, -0.2) is 35.3 Å². The molecule has 0 bridgehead atoms. The van der Waals surface area contributed by atoms with Crippen molar-refractivity contribution in [2.75, 3.05) is 13.7 Å². The van der Waals surface area contributed by atoms with Crippen molar-refractivity contribution < 1.29 is 14.3 Å². The van der Waals surface area contributed by atoms with Crippen LogP contribution in [0, 0.1) is 11.8 Å². The fourth-order valence-electron chi connectivity index (χ4n) is 1.84. The number of aromatic nitrogens is 2. The number of carbonyl (C=O) groups excluding carboxylic acids is 1. The number of rotatable bonds is 4. The van der Waals surface area contributed by atoms with Gasteiger partial charge in [0.1, 0.15) is 27.8 Å². The maximum Gasteiger partial charge on any atom is 0.408 e. The van der Waals surface area contributed by atoms with Crippen LogP contribution in [-0.2, 0) is 9.47 Å². The predicted molar refractivity (Wildman–Crippen MR) is 103 cm³/mol. The summed E-state index contributed by atoms with van der Waals surface area (Å²) < 4.78 is 10.2. The molecule has 0 aromatic carbocycles. The second-order valence-corrected chi connectivity index (χ2v) is 7.11. The Balaban J connectivity index is 2.01. The molecule has 1 N–H and O–H groups in total. The van der Waals surface area contributed by atoms with E-state index in [1.54, 1.807) is 34.1 Å². The molecule has 0 atom stereocenters. The van der Waals surface area contributed by atoms with Crippen LogP contribution in [0.5, 0.6) is 0 Å². The normalized spacial score (nSPS) is 10.5. The zero-order chi connectivity index (χ0) is 19.2. The first kappa shape index (κ1) is 19.5. The number of methoxy groups -OCH3 is 1. The summed E-state index contributed by atoms with van der Waals surface area (Å²) in [6.07, 6.45) is 1.18.